The molecule has 0 saturated heterocycles. The molecule has 0 aromatic heterocycles. The summed E-state index contributed by atoms with van der Waals surface area (Å²) in [6.45, 7) is 2.14. The number of nitrogens with zero attached hydrogens (tertiary/aromatic N) is 1. The van der Waals surface area contributed by atoms with E-state index in [9.17, 15) is 8.42 Å². The Morgan fingerprint density at radius 3 is 2.47 bits per heavy atom. The number of benzene rings is 2. The molecule has 0 bridgehead atoms. The summed E-state index contributed by atoms with van der Waals surface area (Å²) < 4.78 is 33.5. The molecule has 1 fully saturated rings. The van der Waals surface area contributed by atoms with Crippen LogP contribution < -0.4 is 19.7 Å². The molecule has 6 nitrogen and oxygen atoms in total. The van der Waals surface area contributed by atoms with Gasteiger partial charge in [-0.15, -0.1) is 0 Å². The number of rotatable bonds is 7. The number of para-hydroxylation sites is 1. The lowest BCUT2D eigenvalue weighted by atomic mass is 9.96. The summed E-state index contributed by atoms with van der Waals surface area (Å²) >= 11 is 5.47. The number of anilines is 2. The Morgan fingerprint density at radius 1 is 1.13 bits per heavy atom. The Morgan fingerprint density at radius 2 is 1.83 bits per heavy atom. The summed E-state index contributed by atoms with van der Waals surface area (Å²) in [6, 6.07) is 14.2. The van der Waals surface area contributed by atoms with E-state index in [1.54, 1.807) is 37.4 Å². The van der Waals surface area contributed by atoms with Gasteiger partial charge in [0.25, 0.3) is 10.0 Å². The second kappa shape index (κ2) is 10.1. The van der Waals surface area contributed by atoms with Gasteiger partial charge < -0.3 is 15.4 Å². The lowest BCUT2D eigenvalue weighted by Crippen LogP contribution is -2.39. The zero-order valence-electron chi connectivity index (χ0n) is 17.4. The zero-order valence-corrected chi connectivity index (χ0v) is 19.1. The van der Waals surface area contributed by atoms with Crippen molar-refractivity contribution in [3.8, 4) is 5.75 Å². The topological polar surface area (TPSA) is 70.7 Å². The first kappa shape index (κ1) is 22.4. The van der Waals surface area contributed by atoms with Crippen molar-refractivity contribution in [2.75, 3.05) is 23.3 Å². The highest BCUT2D eigenvalue weighted by molar-refractivity contribution is 7.92. The monoisotopic (exact) mass is 447 g/mol. The number of thiocarbonyl (C=S) groups is 1. The molecule has 30 heavy (non-hydrogen) atoms. The third-order valence-corrected chi connectivity index (χ3v) is 7.40. The number of methoxy groups -OCH3 is 1. The predicted octanol–water partition coefficient (Wildman–Crippen LogP) is 4.53. The Bertz CT molecular complexity index is 959. The van der Waals surface area contributed by atoms with Gasteiger partial charge in [-0.25, -0.2) is 8.42 Å². The molecule has 0 aliphatic heterocycles. The Labute approximate surface area is 184 Å². The normalized spacial score (nSPS) is 14.7. The number of hydrogen-bond acceptors (Lipinski definition) is 4. The van der Waals surface area contributed by atoms with Crippen molar-refractivity contribution in [3.05, 3.63) is 48.5 Å². The minimum Gasteiger partial charge on any atom is -0.495 e. The maximum Gasteiger partial charge on any atom is 0.264 e. The lowest BCUT2D eigenvalue weighted by Gasteiger charge is -2.25. The van der Waals surface area contributed by atoms with Gasteiger partial charge in [0.15, 0.2) is 5.11 Å². The average molecular weight is 448 g/mol. The minimum atomic E-state index is -3.74. The molecule has 1 saturated carbocycles. The molecule has 3 rings (SSSR count). The maximum atomic E-state index is 13.3. The largest absolute Gasteiger partial charge is 0.495 e. The first-order valence-electron chi connectivity index (χ1n) is 10.3. The first-order chi connectivity index (χ1) is 14.5. The minimum absolute atomic E-state index is 0.178. The van der Waals surface area contributed by atoms with Crippen LogP contribution in [0, 0.1) is 0 Å². The van der Waals surface area contributed by atoms with Crippen molar-refractivity contribution in [3.63, 3.8) is 0 Å². The smallest absolute Gasteiger partial charge is 0.264 e. The fraction of sp³-hybridized carbons (Fsp3) is 0.409. The second-order valence-electron chi connectivity index (χ2n) is 7.30. The van der Waals surface area contributed by atoms with Gasteiger partial charge in [-0.05, 0) is 62.3 Å². The van der Waals surface area contributed by atoms with E-state index in [1.807, 2.05) is 25.1 Å². The van der Waals surface area contributed by atoms with Crippen LogP contribution in [-0.4, -0.2) is 33.2 Å². The lowest BCUT2D eigenvalue weighted by molar-refractivity contribution is 0.413. The van der Waals surface area contributed by atoms with Crippen molar-refractivity contribution in [1.29, 1.82) is 0 Å². The summed E-state index contributed by atoms with van der Waals surface area (Å²) in [4.78, 5) is 0.178. The molecule has 0 radical (unpaired) electrons. The van der Waals surface area contributed by atoms with E-state index < -0.39 is 10.0 Å². The molecule has 162 valence electrons. The standard InChI is InChI=1S/C22H29N3O3S2/c1-3-25(18-12-8-5-9-13-18)30(26,27)19-14-15-21(28-2)20(16-19)24-22(29)23-17-10-6-4-7-11-17/h5,8-9,12-17H,3-4,6-7,10-11H2,1-2H3,(H2,23,24,29). The third-order valence-electron chi connectivity index (χ3n) is 5.28. The van der Waals surface area contributed by atoms with Crippen LogP contribution in [-0.2, 0) is 10.0 Å². The quantitative estimate of drug-likeness (QED) is 0.608. The Kier molecular flexibility index (Phi) is 7.55. The van der Waals surface area contributed by atoms with Crippen LogP contribution in [0.5, 0.6) is 5.75 Å². The van der Waals surface area contributed by atoms with Gasteiger partial charge in [0, 0.05) is 12.6 Å². The number of sulfonamides is 1. The molecule has 1 aliphatic carbocycles. The summed E-state index contributed by atoms with van der Waals surface area (Å²) in [5.74, 6) is 0.532. The van der Waals surface area contributed by atoms with E-state index >= 15 is 0 Å². The van der Waals surface area contributed by atoms with E-state index in [4.69, 9.17) is 17.0 Å². The fourth-order valence-corrected chi connectivity index (χ4v) is 5.53. The summed E-state index contributed by atoms with van der Waals surface area (Å²) in [5, 5.41) is 6.95. The Balaban J connectivity index is 1.84. The van der Waals surface area contributed by atoms with Crippen molar-refractivity contribution in [1.82, 2.24) is 5.32 Å². The third kappa shape index (κ3) is 5.23. The van der Waals surface area contributed by atoms with E-state index in [-0.39, 0.29) is 4.90 Å². The molecule has 2 N–H and O–H groups in total. The highest BCUT2D eigenvalue weighted by Crippen LogP contribution is 2.31. The van der Waals surface area contributed by atoms with Crippen LogP contribution in [0.3, 0.4) is 0 Å². The second-order valence-corrected chi connectivity index (χ2v) is 9.57. The summed E-state index contributed by atoms with van der Waals surface area (Å²) in [5.41, 5.74) is 1.15. The predicted molar refractivity (Wildman–Crippen MR) is 126 cm³/mol. The number of nitrogens with one attached hydrogen (secondary N) is 2. The van der Waals surface area contributed by atoms with Gasteiger partial charge in [0.1, 0.15) is 5.75 Å². The van der Waals surface area contributed by atoms with E-state index in [0.717, 1.165) is 12.8 Å². The van der Waals surface area contributed by atoms with Crippen LogP contribution >= 0.6 is 12.2 Å². The van der Waals surface area contributed by atoms with Gasteiger partial charge in [-0.3, -0.25) is 4.31 Å². The van der Waals surface area contributed by atoms with E-state index in [0.29, 0.717) is 34.8 Å². The van der Waals surface area contributed by atoms with E-state index in [2.05, 4.69) is 10.6 Å². The maximum absolute atomic E-state index is 13.3. The van der Waals surface area contributed by atoms with Crippen LogP contribution in [0.25, 0.3) is 0 Å². The molecule has 0 unspecified atom stereocenters. The van der Waals surface area contributed by atoms with Crippen molar-refractivity contribution < 1.29 is 13.2 Å². The average Bonchev–Trinajstić information content (AvgIpc) is 2.75. The Hall–Kier alpha value is -2.32. The molecular weight excluding hydrogens is 418 g/mol. The zero-order chi connectivity index (χ0) is 21.6. The molecule has 0 heterocycles. The molecule has 2 aromatic rings. The first-order valence-corrected chi connectivity index (χ1v) is 12.1. The van der Waals surface area contributed by atoms with Crippen LogP contribution in [0.2, 0.25) is 0 Å². The molecule has 1 aliphatic rings. The number of ether oxygens (including phenoxy) is 1. The molecule has 0 amide bonds. The summed E-state index contributed by atoms with van der Waals surface area (Å²) in [6.07, 6.45) is 5.85. The van der Waals surface area contributed by atoms with Crippen molar-refractivity contribution in [2.45, 2.75) is 50.0 Å². The van der Waals surface area contributed by atoms with Crippen molar-refractivity contribution in [2.24, 2.45) is 0 Å². The van der Waals surface area contributed by atoms with Gasteiger partial charge >= 0.3 is 0 Å². The van der Waals surface area contributed by atoms with Crippen LogP contribution in [0.1, 0.15) is 39.0 Å². The SMILES string of the molecule is CCN(c1ccccc1)S(=O)(=O)c1ccc(OC)c(NC(=S)NC2CCCCC2)c1. The highest BCUT2D eigenvalue weighted by Gasteiger charge is 2.25. The van der Waals surface area contributed by atoms with Gasteiger partial charge in [-0.2, -0.15) is 0 Å². The molecule has 2 aromatic carbocycles. The molecule has 8 heteroatoms. The van der Waals surface area contributed by atoms with Gasteiger partial charge in [0.05, 0.1) is 23.4 Å². The fourth-order valence-electron chi connectivity index (χ4n) is 3.75. The number of hydrogen-bond donors (Lipinski definition) is 2. The molecular formula is C22H29N3O3S2. The van der Waals surface area contributed by atoms with Gasteiger partial charge in [0.2, 0.25) is 0 Å². The van der Waals surface area contributed by atoms with Gasteiger partial charge in [-0.1, -0.05) is 37.5 Å². The summed E-state index contributed by atoms with van der Waals surface area (Å²) in [7, 11) is -2.19. The van der Waals surface area contributed by atoms with Crippen molar-refractivity contribution >= 4 is 38.7 Å². The van der Waals surface area contributed by atoms with E-state index in [1.165, 1.54) is 23.6 Å². The van der Waals surface area contributed by atoms with Crippen LogP contribution in [0.15, 0.2) is 53.4 Å². The molecule has 0 atom stereocenters. The molecule has 0 spiro atoms. The highest BCUT2D eigenvalue weighted by atomic mass is 32.2. The van der Waals surface area contributed by atoms with Crippen LogP contribution in [0.4, 0.5) is 11.4 Å².